The molecule has 4 fully saturated rings. The van der Waals surface area contributed by atoms with Crippen LogP contribution in [0.3, 0.4) is 0 Å². The Kier molecular flexibility index (Phi) is 5.17. The normalized spacial score (nSPS) is 42.5. The SMILES string of the molecule is O=C1CCC(=O)N1C1C(CC2CCC(O)CC2)CCC2CCCCC21. The Morgan fingerprint density at radius 2 is 1.52 bits per heavy atom. The van der Waals surface area contributed by atoms with Gasteiger partial charge in [0.1, 0.15) is 0 Å². The number of imide groups is 1. The summed E-state index contributed by atoms with van der Waals surface area (Å²) in [6.07, 6.45) is 13.5. The number of carbonyl (C=O) groups excluding carboxylic acids is 2. The zero-order valence-electron chi connectivity index (χ0n) is 15.4. The van der Waals surface area contributed by atoms with Crippen LogP contribution in [-0.2, 0) is 9.59 Å². The van der Waals surface area contributed by atoms with Gasteiger partial charge in [-0.05, 0) is 75.0 Å². The van der Waals surface area contributed by atoms with Crippen molar-refractivity contribution in [1.82, 2.24) is 4.90 Å². The molecule has 1 saturated heterocycles. The maximum atomic E-state index is 12.5. The summed E-state index contributed by atoms with van der Waals surface area (Å²) < 4.78 is 0. The van der Waals surface area contributed by atoms with Crippen LogP contribution in [0.25, 0.3) is 0 Å². The van der Waals surface area contributed by atoms with E-state index in [0.29, 0.717) is 30.6 Å². The minimum atomic E-state index is -0.108. The summed E-state index contributed by atoms with van der Waals surface area (Å²) in [6.45, 7) is 0. The summed E-state index contributed by atoms with van der Waals surface area (Å²) in [5.74, 6) is 2.61. The van der Waals surface area contributed by atoms with E-state index in [2.05, 4.69) is 0 Å². The highest BCUT2D eigenvalue weighted by molar-refractivity contribution is 6.02. The highest BCUT2D eigenvalue weighted by Crippen LogP contribution is 2.48. The molecule has 1 aliphatic heterocycles. The monoisotopic (exact) mass is 347 g/mol. The van der Waals surface area contributed by atoms with Gasteiger partial charge in [-0.2, -0.15) is 0 Å². The Hall–Kier alpha value is -0.900. The van der Waals surface area contributed by atoms with Gasteiger partial charge in [-0.1, -0.05) is 19.3 Å². The lowest BCUT2D eigenvalue weighted by atomic mass is 9.62. The quantitative estimate of drug-likeness (QED) is 0.793. The molecule has 1 heterocycles. The van der Waals surface area contributed by atoms with Gasteiger partial charge in [-0.25, -0.2) is 0 Å². The highest BCUT2D eigenvalue weighted by Gasteiger charge is 2.48. The first kappa shape index (κ1) is 17.5. The number of aliphatic hydroxyl groups is 1. The van der Waals surface area contributed by atoms with E-state index in [1.165, 1.54) is 38.5 Å². The number of hydrogen-bond donors (Lipinski definition) is 1. The van der Waals surface area contributed by atoms with Crippen LogP contribution in [0.5, 0.6) is 0 Å². The zero-order valence-corrected chi connectivity index (χ0v) is 15.4. The first-order valence-electron chi connectivity index (χ1n) is 10.7. The van der Waals surface area contributed by atoms with E-state index in [1.807, 2.05) is 0 Å². The van der Waals surface area contributed by atoms with E-state index < -0.39 is 0 Å². The molecule has 0 radical (unpaired) electrons. The van der Waals surface area contributed by atoms with Crippen molar-refractivity contribution in [3.8, 4) is 0 Å². The summed E-state index contributed by atoms with van der Waals surface area (Å²) in [6, 6.07) is 0.174. The first-order valence-corrected chi connectivity index (χ1v) is 10.7. The third-order valence-electron chi connectivity index (χ3n) is 7.64. The molecule has 4 atom stereocenters. The molecule has 2 amide bonds. The van der Waals surface area contributed by atoms with Gasteiger partial charge in [-0.15, -0.1) is 0 Å². The van der Waals surface area contributed by atoms with E-state index in [0.717, 1.165) is 38.0 Å². The molecule has 0 aromatic rings. The summed E-state index contributed by atoms with van der Waals surface area (Å²) in [5.41, 5.74) is 0. The second-order valence-electron chi connectivity index (χ2n) is 9.10. The number of hydrogen-bond acceptors (Lipinski definition) is 3. The van der Waals surface area contributed by atoms with Crippen molar-refractivity contribution in [3.05, 3.63) is 0 Å². The molecule has 3 aliphatic carbocycles. The van der Waals surface area contributed by atoms with E-state index in [1.54, 1.807) is 4.90 Å². The number of nitrogens with zero attached hydrogens (tertiary/aromatic N) is 1. The molecule has 0 aromatic heterocycles. The number of rotatable bonds is 3. The largest absolute Gasteiger partial charge is 0.393 e. The van der Waals surface area contributed by atoms with Crippen LogP contribution in [0.15, 0.2) is 0 Å². The van der Waals surface area contributed by atoms with Crippen LogP contribution in [0, 0.1) is 23.7 Å². The molecule has 4 nitrogen and oxygen atoms in total. The summed E-state index contributed by atoms with van der Waals surface area (Å²) in [7, 11) is 0. The van der Waals surface area contributed by atoms with Crippen LogP contribution in [0.1, 0.15) is 83.5 Å². The average molecular weight is 347 g/mol. The van der Waals surface area contributed by atoms with E-state index in [-0.39, 0.29) is 24.0 Å². The lowest BCUT2D eigenvalue weighted by molar-refractivity contribution is -0.147. The number of carbonyl (C=O) groups is 2. The molecule has 4 heteroatoms. The van der Waals surface area contributed by atoms with E-state index in [4.69, 9.17) is 0 Å². The third kappa shape index (κ3) is 3.51. The van der Waals surface area contributed by atoms with E-state index >= 15 is 0 Å². The Bertz CT molecular complexity index is 495. The van der Waals surface area contributed by atoms with Gasteiger partial charge in [0.2, 0.25) is 11.8 Å². The minimum Gasteiger partial charge on any atom is -0.393 e. The average Bonchev–Trinajstić information content (AvgIpc) is 2.95. The number of fused-ring (bicyclic) bond motifs is 1. The maximum Gasteiger partial charge on any atom is 0.229 e. The van der Waals surface area contributed by atoms with Crippen LogP contribution in [-0.4, -0.2) is 34.0 Å². The Morgan fingerprint density at radius 3 is 2.24 bits per heavy atom. The molecular weight excluding hydrogens is 314 g/mol. The molecule has 140 valence electrons. The van der Waals surface area contributed by atoms with Crippen LogP contribution in [0.4, 0.5) is 0 Å². The van der Waals surface area contributed by atoms with Gasteiger partial charge in [0.15, 0.2) is 0 Å². The second-order valence-corrected chi connectivity index (χ2v) is 9.10. The third-order valence-corrected chi connectivity index (χ3v) is 7.64. The lowest BCUT2D eigenvalue weighted by Gasteiger charge is -2.49. The van der Waals surface area contributed by atoms with Crippen molar-refractivity contribution in [2.24, 2.45) is 23.7 Å². The summed E-state index contributed by atoms with van der Waals surface area (Å²) >= 11 is 0. The van der Waals surface area contributed by atoms with Crippen molar-refractivity contribution in [3.63, 3.8) is 0 Å². The maximum absolute atomic E-state index is 12.5. The Morgan fingerprint density at radius 1 is 0.840 bits per heavy atom. The van der Waals surface area contributed by atoms with Crippen molar-refractivity contribution < 1.29 is 14.7 Å². The Balaban J connectivity index is 1.53. The fourth-order valence-electron chi connectivity index (χ4n) is 6.39. The lowest BCUT2D eigenvalue weighted by Crippen LogP contribution is -2.53. The van der Waals surface area contributed by atoms with Gasteiger partial charge in [0.25, 0.3) is 0 Å². The fourth-order valence-corrected chi connectivity index (χ4v) is 6.39. The second kappa shape index (κ2) is 7.38. The molecule has 4 rings (SSSR count). The standard InChI is InChI=1S/C21H33NO3/c23-17-9-5-14(6-10-17)13-16-8-7-15-3-1-2-4-18(15)21(16)22-19(24)11-12-20(22)25/h14-18,21,23H,1-13H2. The molecule has 0 aromatic carbocycles. The summed E-state index contributed by atoms with van der Waals surface area (Å²) in [4.78, 5) is 26.7. The van der Waals surface area contributed by atoms with Crippen LogP contribution in [0.2, 0.25) is 0 Å². The fraction of sp³-hybridized carbons (Fsp3) is 0.905. The zero-order chi connectivity index (χ0) is 17.4. The number of amides is 2. The molecular formula is C21H33NO3. The molecule has 25 heavy (non-hydrogen) atoms. The number of aliphatic hydroxyl groups excluding tert-OH is 1. The van der Waals surface area contributed by atoms with Gasteiger partial charge in [0.05, 0.1) is 6.10 Å². The van der Waals surface area contributed by atoms with Gasteiger partial charge in [-0.3, -0.25) is 14.5 Å². The summed E-state index contributed by atoms with van der Waals surface area (Å²) in [5, 5.41) is 9.78. The Labute approximate surface area is 151 Å². The molecule has 1 N–H and O–H groups in total. The van der Waals surface area contributed by atoms with Crippen molar-refractivity contribution in [1.29, 1.82) is 0 Å². The van der Waals surface area contributed by atoms with Crippen molar-refractivity contribution >= 4 is 11.8 Å². The highest BCUT2D eigenvalue weighted by atomic mass is 16.3. The van der Waals surface area contributed by atoms with Crippen LogP contribution < -0.4 is 0 Å². The molecule has 4 aliphatic rings. The molecule has 3 saturated carbocycles. The van der Waals surface area contributed by atoms with Gasteiger partial charge >= 0.3 is 0 Å². The number of likely N-dealkylation sites (tertiary alicyclic amines) is 1. The molecule has 0 spiro atoms. The minimum absolute atomic E-state index is 0.0882. The predicted molar refractivity (Wildman–Crippen MR) is 95.6 cm³/mol. The molecule has 4 unspecified atom stereocenters. The topological polar surface area (TPSA) is 57.6 Å². The smallest absolute Gasteiger partial charge is 0.229 e. The van der Waals surface area contributed by atoms with Crippen molar-refractivity contribution in [2.75, 3.05) is 0 Å². The molecule has 0 bridgehead atoms. The van der Waals surface area contributed by atoms with Crippen molar-refractivity contribution in [2.45, 2.75) is 95.6 Å². The van der Waals surface area contributed by atoms with E-state index in [9.17, 15) is 14.7 Å². The van der Waals surface area contributed by atoms with Gasteiger partial charge < -0.3 is 5.11 Å². The first-order chi connectivity index (χ1) is 12.1. The van der Waals surface area contributed by atoms with Crippen LogP contribution >= 0.6 is 0 Å². The van der Waals surface area contributed by atoms with Gasteiger partial charge in [0, 0.05) is 18.9 Å². The predicted octanol–water partition coefficient (Wildman–Crippen LogP) is 3.66.